The molecule has 0 spiro atoms. The standard InChI is InChI=1S/C33H26N4/c1-4-13-23(14-5-1)31-34-32(24-15-6-2-7-16-24)36-33(35-31)27-20-12-22-29-30(27)26-19-10-11-21-28(26)37(29)25-17-8-3-9-18-25/h1-9,12-22,31H,10-11H2,(H,34,35,36). The van der Waals surface area contributed by atoms with Crippen LogP contribution >= 0.6 is 0 Å². The number of hydrogen-bond acceptors (Lipinski definition) is 3. The molecule has 1 aliphatic heterocycles. The third-order valence-electron chi connectivity index (χ3n) is 7.08. The first-order chi connectivity index (χ1) is 18.4. The minimum atomic E-state index is -0.314. The highest BCUT2D eigenvalue weighted by Gasteiger charge is 2.23. The summed E-state index contributed by atoms with van der Waals surface area (Å²) in [6.45, 7) is 0. The van der Waals surface area contributed by atoms with E-state index in [0.29, 0.717) is 0 Å². The number of nitrogens with zero attached hydrogens (tertiary/aromatic N) is 3. The molecule has 4 nitrogen and oxygen atoms in total. The first-order valence-electron chi connectivity index (χ1n) is 12.8. The number of hydrogen-bond donors (Lipinski definition) is 1. The molecule has 2 heterocycles. The van der Waals surface area contributed by atoms with Crippen molar-refractivity contribution in [3.63, 3.8) is 0 Å². The Morgan fingerprint density at radius 3 is 2.11 bits per heavy atom. The Bertz CT molecular complexity index is 1780. The summed E-state index contributed by atoms with van der Waals surface area (Å²) in [4.78, 5) is 10.2. The molecule has 7 rings (SSSR count). The molecular formula is C33H26N4. The van der Waals surface area contributed by atoms with Crippen LogP contribution in [0.3, 0.4) is 0 Å². The molecule has 0 fully saturated rings. The second-order valence-electron chi connectivity index (χ2n) is 9.39. The summed E-state index contributed by atoms with van der Waals surface area (Å²) in [5, 5.41) is 7.37. The van der Waals surface area contributed by atoms with Crippen molar-refractivity contribution in [1.82, 2.24) is 9.88 Å². The molecule has 178 valence electrons. The van der Waals surface area contributed by atoms with Crippen LogP contribution in [0.2, 0.25) is 0 Å². The summed E-state index contributed by atoms with van der Waals surface area (Å²) in [7, 11) is 0. The summed E-state index contributed by atoms with van der Waals surface area (Å²) in [5.74, 6) is 1.68. The van der Waals surface area contributed by atoms with Crippen LogP contribution in [0.5, 0.6) is 0 Å². The second-order valence-corrected chi connectivity index (χ2v) is 9.39. The average Bonchev–Trinajstić information content (AvgIpc) is 3.33. The lowest BCUT2D eigenvalue weighted by Gasteiger charge is -2.23. The third-order valence-corrected chi connectivity index (χ3v) is 7.08. The Kier molecular flexibility index (Phi) is 5.29. The molecule has 2 aliphatic rings. The maximum Gasteiger partial charge on any atom is 0.169 e. The number of amidine groups is 2. The van der Waals surface area contributed by atoms with Crippen LogP contribution in [0.4, 0.5) is 0 Å². The number of aromatic nitrogens is 1. The van der Waals surface area contributed by atoms with Crippen molar-refractivity contribution in [3.05, 3.63) is 136 Å². The lowest BCUT2D eigenvalue weighted by molar-refractivity contribution is 0.756. The van der Waals surface area contributed by atoms with Crippen molar-refractivity contribution >= 4 is 34.7 Å². The fourth-order valence-electron chi connectivity index (χ4n) is 5.40. The normalized spacial score (nSPS) is 16.6. The maximum absolute atomic E-state index is 5.16. The van der Waals surface area contributed by atoms with Gasteiger partial charge in [-0.1, -0.05) is 103 Å². The summed E-state index contributed by atoms with van der Waals surface area (Å²) in [5.41, 5.74) is 5.58. The van der Waals surface area contributed by atoms with Crippen molar-refractivity contribution in [1.29, 1.82) is 0 Å². The van der Waals surface area contributed by atoms with Crippen LogP contribution in [0.25, 0.3) is 28.7 Å². The zero-order valence-corrected chi connectivity index (χ0v) is 20.4. The van der Waals surface area contributed by atoms with E-state index in [4.69, 9.17) is 9.98 Å². The summed E-state index contributed by atoms with van der Waals surface area (Å²) >= 11 is 0. The molecule has 1 atom stereocenters. The van der Waals surface area contributed by atoms with Crippen LogP contribution in [0.1, 0.15) is 35.7 Å². The van der Waals surface area contributed by atoms with E-state index in [1.54, 1.807) is 0 Å². The number of rotatable bonds is 4. The predicted octanol–water partition coefficient (Wildman–Crippen LogP) is 5.48. The third kappa shape index (κ3) is 3.78. The van der Waals surface area contributed by atoms with Crippen molar-refractivity contribution in [3.8, 4) is 5.69 Å². The molecule has 1 unspecified atom stereocenters. The topological polar surface area (TPSA) is 41.7 Å². The molecule has 0 saturated heterocycles. The molecule has 4 aromatic carbocycles. The van der Waals surface area contributed by atoms with Crippen LogP contribution in [0, 0.1) is 0 Å². The van der Waals surface area contributed by atoms with Gasteiger partial charge in [0.2, 0.25) is 0 Å². The lowest BCUT2D eigenvalue weighted by atomic mass is 10.0. The SMILES string of the molecule is C1=c2c(n(-c3ccccc3)c3cccc(C4=NC(c5ccccc5)N=C(c5ccccc5)N4)c23)=CCC1. The minimum absolute atomic E-state index is 0.314. The molecule has 37 heavy (non-hydrogen) atoms. The summed E-state index contributed by atoms with van der Waals surface area (Å²) in [6.07, 6.45) is 6.52. The Hall–Kier alpha value is -4.70. The van der Waals surface area contributed by atoms with Gasteiger partial charge in [0.1, 0.15) is 11.7 Å². The quantitative estimate of drug-likeness (QED) is 0.365. The van der Waals surface area contributed by atoms with Gasteiger partial charge < -0.3 is 9.88 Å². The number of aliphatic imine (C=N–C) groups is 2. The fourth-order valence-corrected chi connectivity index (χ4v) is 5.40. The maximum atomic E-state index is 5.16. The van der Waals surface area contributed by atoms with E-state index in [2.05, 4.69) is 94.8 Å². The van der Waals surface area contributed by atoms with Gasteiger partial charge in [0.15, 0.2) is 6.17 Å². The monoisotopic (exact) mass is 478 g/mol. The van der Waals surface area contributed by atoms with Crippen molar-refractivity contribution in [2.24, 2.45) is 9.98 Å². The molecule has 1 aliphatic carbocycles. The summed E-state index contributed by atoms with van der Waals surface area (Å²) < 4.78 is 2.38. The first kappa shape index (κ1) is 21.6. The molecule has 5 aromatic rings. The van der Waals surface area contributed by atoms with Crippen LogP contribution < -0.4 is 15.9 Å². The van der Waals surface area contributed by atoms with Crippen molar-refractivity contribution in [2.75, 3.05) is 0 Å². The predicted molar refractivity (Wildman–Crippen MR) is 153 cm³/mol. The molecule has 4 heteroatoms. The van der Waals surface area contributed by atoms with Crippen LogP contribution in [0.15, 0.2) is 119 Å². The molecule has 0 amide bonds. The lowest BCUT2D eigenvalue weighted by Crippen LogP contribution is -2.37. The van der Waals surface area contributed by atoms with Gasteiger partial charge in [0.25, 0.3) is 0 Å². The van der Waals surface area contributed by atoms with Crippen LogP contribution in [-0.4, -0.2) is 16.2 Å². The Labute approximate surface area is 215 Å². The molecule has 1 N–H and O–H groups in total. The Morgan fingerprint density at radius 1 is 0.649 bits per heavy atom. The van der Waals surface area contributed by atoms with Gasteiger partial charge >= 0.3 is 0 Å². The van der Waals surface area contributed by atoms with E-state index >= 15 is 0 Å². The average molecular weight is 479 g/mol. The highest BCUT2D eigenvalue weighted by Crippen LogP contribution is 2.26. The van der Waals surface area contributed by atoms with Gasteiger partial charge in [0, 0.05) is 32.8 Å². The van der Waals surface area contributed by atoms with E-state index < -0.39 is 0 Å². The van der Waals surface area contributed by atoms with E-state index in [1.807, 2.05) is 36.4 Å². The molecule has 0 bridgehead atoms. The van der Waals surface area contributed by atoms with E-state index in [9.17, 15) is 0 Å². The number of nitrogens with one attached hydrogen (secondary N) is 1. The van der Waals surface area contributed by atoms with E-state index in [-0.39, 0.29) is 6.17 Å². The zero-order chi connectivity index (χ0) is 24.6. The Morgan fingerprint density at radius 2 is 1.32 bits per heavy atom. The minimum Gasteiger partial charge on any atom is -0.324 e. The van der Waals surface area contributed by atoms with Crippen molar-refractivity contribution < 1.29 is 0 Å². The van der Waals surface area contributed by atoms with Gasteiger partial charge in [-0.3, -0.25) is 0 Å². The number of fused-ring (bicyclic) bond motifs is 3. The second kappa shape index (κ2) is 9.07. The van der Waals surface area contributed by atoms with Gasteiger partial charge in [-0.05, 0) is 36.6 Å². The molecular weight excluding hydrogens is 452 g/mol. The smallest absolute Gasteiger partial charge is 0.169 e. The Balaban J connectivity index is 1.47. The van der Waals surface area contributed by atoms with Crippen LogP contribution in [-0.2, 0) is 0 Å². The van der Waals surface area contributed by atoms with E-state index in [1.165, 1.54) is 27.2 Å². The number of para-hydroxylation sites is 1. The molecule has 0 saturated carbocycles. The number of benzene rings is 4. The van der Waals surface area contributed by atoms with Gasteiger partial charge in [-0.25, -0.2) is 9.98 Å². The fraction of sp³-hybridized carbons (Fsp3) is 0.0909. The highest BCUT2D eigenvalue weighted by molar-refractivity contribution is 6.20. The van der Waals surface area contributed by atoms with E-state index in [0.717, 1.165) is 41.2 Å². The first-order valence-corrected chi connectivity index (χ1v) is 12.8. The largest absolute Gasteiger partial charge is 0.324 e. The van der Waals surface area contributed by atoms with Gasteiger partial charge in [-0.15, -0.1) is 0 Å². The summed E-state index contributed by atoms with van der Waals surface area (Å²) in [6, 6.07) is 37.8. The highest BCUT2D eigenvalue weighted by atomic mass is 15.2. The molecule has 1 aromatic heterocycles. The van der Waals surface area contributed by atoms with Gasteiger partial charge in [-0.2, -0.15) is 0 Å². The molecule has 0 radical (unpaired) electrons. The van der Waals surface area contributed by atoms with Gasteiger partial charge in [0.05, 0.1) is 5.52 Å². The zero-order valence-electron chi connectivity index (χ0n) is 20.4. The van der Waals surface area contributed by atoms with Crippen molar-refractivity contribution in [2.45, 2.75) is 19.0 Å².